The number of aliphatic hydroxyl groups is 1. The fourth-order valence-electron chi connectivity index (χ4n) is 6.08. The van der Waals surface area contributed by atoms with E-state index in [1.54, 1.807) is 29.7 Å². The fraction of sp³-hybridized carbons (Fsp3) is 0.567. The van der Waals surface area contributed by atoms with E-state index in [1.807, 2.05) is 26.0 Å². The molecule has 2 aliphatic heterocycles. The number of piperidine rings is 1. The van der Waals surface area contributed by atoms with Crippen LogP contribution in [0.2, 0.25) is 0 Å². The molecule has 0 atom stereocenters. The van der Waals surface area contributed by atoms with E-state index in [1.165, 1.54) is 37.9 Å². The second kappa shape index (κ2) is 12.0. The van der Waals surface area contributed by atoms with Crippen molar-refractivity contribution >= 4 is 5.91 Å². The molecule has 0 radical (unpaired) electrons. The molecule has 4 heterocycles. The van der Waals surface area contributed by atoms with Crippen LogP contribution in [0, 0.1) is 5.41 Å². The molecule has 39 heavy (non-hydrogen) atoms. The van der Waals surface area contributed by atoms with E-state index >= 15 is 0 Å². The Balaban J connectivity index is 1.12. The highest BCUT2D eigenvalue weighted by Crippen LogP contribution is 2.40. The third-order valence-electron chi connectivity index (χ3n) is 8.38. The van der Waals surface area contributed by atoms with Crippen LogP contribution >= 0.6 is 0 Å². The monoisotopic (exact) mass is 533 g/mol. The van der Waals surface area contributed by atoms with Crippen molar-refractivity contribution in [3.05, 3.63) is 71.8 Å². The number of benzene rings is 1. The third kappa shape index (κ3) is 7.56. The lowest BCUT2D eigenvalue weighted by atomic mass is 9.77. The number of hydrogen-bond donors (Lipinski definition) is 3. The maximum Gasteiger partial charge on any atom is 0.254 e. The van der Waals surface area contributed by atoms with Gasteiger partial charge in [0.05, 0.1) is 18.7 Å². The molecule has 2 saturated heterocycles. The lowest BCUT2D eigenvalue weighted by molar-refractivity contribution is 0.0581. The average Bonchev–Trinajstić information content (AvgIpc) is 3.68. The first-order valence-corrected chi connectivity index (χ1v) is 14.3. The van der Waals surface area contributed by atoms with Crippen LogP contribution in [0.15, 0.2) is 49.1 Å². The summed E-state index contributed by atoms with van der Waals surface area (Å²) in [4.78, 5) is 35.1. The number of aromatic amines is 2. The topological polar surface area (TPSA) is 104 Å². The maximum absolute atomic E-state index is 13.4. The number of carbonyl (C=O) groups is 1. The van der Waals surface area contributed by atoms with Crippen molar-refractivity contribution in [1.29, 1.82) is 0 Å². The Hall–Kier alpha value is -3.01. The number of H-pyrrole nitrogens is 2. The van der Waals surface area contributed by atoms with Gasteiger partial charge in [-0.15, -0.1) is 0 Å². The van der Waals surface area contributed by atoms with Crippen LogP contribution in [0.1, 0.15) is 73.5 Å². The smallest absolute Gasteiger partial charge is 0.254 e. The van der Waals surface area contributed by atoms with Crippen LogP contribution in [-0.4, -0.2) is 84.0 Å². The van der Waals surface area contributed by atoms with Crippen molar-refractivity contribution in [2.75, 3.05) is 32.7 Å². The molecule has 210 valence electrons. The van der Waals surface area contributed by atoms with Crippen molar-refractivity contribution in [2.24, 2.45) is 5.41 Å². The summed E-state index contributed by atoms with van der Waals surface area (Å²) in [5.74, 6) is 1.45. The first kappa shape index (κ1) is 27.6. The summed E-state index contributed by atoms with van der Waals surface area (Å²) in [6.45, 7) is 11.2. The minimum Gasteiger partial charge on any atom is -0.390 e. The number of nitrogens with zero attached hydrogens (tertiary/aromatic N) is 5. The first-order chi connectivity index (χ1) is 18.8. The molecule has 5 rings (SSSR count). The van der Waals surface area contributed by atoms with E-state index in [2.05, 4.69) is 41.9 Å². The molecule has 2 fully saturated rings. The molecule has 0 bridgehead atoms. The largest absolute Gasteiger partial charge is 0.390 e. The highest BCUT2D eigenvalue weighted by molar-refractivity contribution is 5.94. The van der Waals surface area contributed by atoms with Gasteiger partial charge < -0.3 is 24.9 Å². The molecular weight excluding hydrogens is 490 g/mol. The predicted molar refractivity (Wildman–Crippen MR) is 151 cm³/mol. The molecule has 1 aromatic carbocycles. The fourth-order valence-corrected chi connectivity index (χ4v) is 6.08. The SMILES string of the molecule is CC(C)(O)CCCN1CCC2(CC1)CCN(Cc1ccc(C(=O)N(Cc3ncc[nH]3)Cc3ncc[nH]3)cc1)C2. The normalized spacial score (nSPS) is 18.1. The van der Waals surface area contributed by atoms with Gasteiger partial charge in [0.25, 0.3) is 5.91 Å². The van der Waals surface area contributed by atoms with Crippen molar-refractivity contribution in [3.8, 4) is 0 Å². The number of amides is 1. The van der Waals surface area contributed by atoms with Gasteiger partial charge in [-0.05, 0) is 95.2 Å². The van der Waals surface area contributed by atoms with Gasteiger partial charge in [-0.1, -0.05) is 12.1 Å². The highest BCUT2D eigenvalue weighted by atomic mass is 16.3. The first-order valence-electron chi connectivity index (χ1n) is 14.3. The lowest BCUT2D eigenvalue weighted by Crippen LogP contribution is -2.42. The van der Waals surface area contributed by atoms with Crippen LogP contribution in [0.4, 0.5) is 0 Å². The van der Waals surface area contributed by atoms with Gasteiger partial charge >= 0.3 is 0 Å². The lowest BCUT2D eigenvalue weighted by Gasteiger charge is -2.39. The zero-order valence-corrected chi connectivity index (χ0v) is 23.4. The van der Waals surface area contributed by atoms with E-state index in [0.717, 1.165) is 50.7 Å². The summed E-state index contributed by atoms with van der Waals surface area (Å²) in [7, 11) is 0. The summed E-state index contributed by atoms with van der Waals surface area (Å²) in [6, 6.07) is 8.10. The Kier molecular flexibility index (Phi) is 8.49. The third-order valence-corrected chi connectivity index (χ3v) is 8.38. The number of imidazole rings is 2. The molecule has 1 spiro atoms. The molecule has 1 amide bonds. The Labute approximate surface area is 231 Å². The molecule has 9 heteroatoms. The predicted octanol–water partition coefficient (Wildman–Crippen LogP) is 3.81. The summed E-state index contributed by atoms with van der Waals surface area (Å²) in [5.41, 5.74) is 1.80. The molecule has 9 nitrogen and oxygen atoms in total. The molecule has 3 N–H and O–H groups in total. The molecule has 0 unspecified atom stereocenters. The molecule has 2 aromatic heterocycles. The Morgan fingerprint density at radius 1 is 0.974 bits per heavy atom. The van der Waals surface area contributed by atoms with Crippen molar-refractivity contribution < 1.29 is 9.90 Å². The van der Waals surface area contributed by atoms with E-state index in [9.17, 15) is 9.90 Å². The second-order valence-electron chi connectivity index (χ2n) is 12.1. The number of hydrogen-bond acceptors (Lipinski definition) is 6. The van der Waals surface area contributed by atoms with Gasteiger partial charge in [0.15, 0.2) is 0 Å². The number of aromatic nitrogens is 4. The van der Waals surface area contributed by atoms with Gasteiger partial charge in [0, 0.05) is 43.4 Å². The standard InChI is InChI=1S/C30H43N7O2/c1-29(2,39)8-3-16-35-17-9-30(10-18-35)11-19-36(23-30)20-24-4-6-25(7-5-24)28(38)37(21-26-31-12-13-32-26)22-27-33-14-15-34-27/h4-7,12-15,39H,3,8-11,16-23H2,1-2H3,(H,31,32)(H,33,34). The van der Waals surface area contributed by atoms with Crippen LogP contribution in [0.5, 0.6) is 0 Å². The average molecular weight is 534 g/mol. The van der Waals surface area contributed by atoms with Gasteiger partial charge in [-0.2, -0.15) is 0 Å². The molecule has 0 aliphatic carbocycles. The van der Waals surface area contributed by atoms with Crippen LogP contribution in [-0.2, 0) is 19.6 Å². The van der Waals surface area contributed by atoms with Crippen LogP contribution in [0.25, 0.3) is 0 Å². The maximum atomic E-state index is 13.4. The summed E-state index contributed by atoms with van der Waals surface area (Å²) in [6.07, 6.45) is 12.7. The van der Waals surface area contributed by atoms with E-state index in [0.29, 0.717) is 24.1 Å². The molecule has 0 saturated carbocycles. The van der Waals surface area contributed by atoms with E-state index < -0.39 is 5.60 Å². The quantitative estimate of drug-likeness (QED) is 0.346. The van der Waals surface area contributed by atoms with Crippen LogP contribution in [0.3, 0.4) is 0 Å². The van der Waals surface area contributed by atoms with E-state index in [-0.39, 0.29) is 5.91 Å². The number of rotatable bonds is 11. The van der Waals surface area contributed by atoms with Crippen molar-refractivity contribution in [2.45, 2.75) is 71.2 Å². The second-order valence-corrected chi connectivity index (χ2v) is 12.1. The Bertz CT molecular complexity index is 1120. The zero-order chi connectivity index (χ0) is 27.3. The van der Waals surface area contributed by atoms with Gasteiger partial charge in [0.1, 0.15) is 11.6 Å². The van der Waals surface area contributed by atoms with E-state index in [4.69, 9.17) is 0 Å². The Morgan fingerprint density at radius 2 is 1.56 bits per heavy atom. The zero-order valence-electron chi connectivity index (χ0n) is 23.4. The Morgan fingerprint density at radius 3 is 2.10 bits per heavy atom. The highest BCUT2D eigenvalue weighted by Gasteiger charge is 2.40. The molecule has 3 aromatic rings. The number of likely N-dealkylation sites (tertiary alicyclic amines) is 2. The number of nitrogens with one attached hydrogen (secondary N) is 2. The molecular formula is C30H43N7O2. The summed E-state index contributed by atoms with van der Waals surface area (Å²) < 4.78 is 0. The minimum atomic E-state index is -0.562. The number of carbonyl (C=O) groups excluding carboxylic acids is 1. The van der Waals surface area contributed by atoms with Gasteiger partial charge in [-0.25, -0.2) is 9.97 Å². The minimum absolute atomic E-state index is 0.0382. The van der Waals surface area contributed by atoms with Crippen molar-refractivity contribution in [3.63, 3.8) is 0 Å². The van der Waals surface area contributed by atoms with Gasteiger partial charge in [0.2, 0.25) is 0 Å². The molecule has 2 aliphatic rings. The van der Waals surface area contributed by atoms with Crippen LogP contribution < -0.4 is 0 Å². The van der Waals surface area contributed by atoms with Crippen molar-refractivity contribution in [1.82, 2.24) is 34.6 Å². The van der Waals surface area contributed by atoms with Gasteiger partial charge in [-0.3, -0.25) is 9.69 Å². The summed E-state index contributed by atoms with van der Waals surface area (Å²) in [5, 5.41) is 9.98. The summed E-state index contributed by atoms with van der Waals surface area (Å²) >= 11 is 0.